The summed E-state index contributed by atoms with van der Waals surface area (Å²) in [6.07, 6.45) is -0.473. The highest BCUT2D eigenvalue weighted by atomic mass is 16.6. The van der Waals surface area contributed by atoms with Crippen LogP contribution in [0.4, 0.5) is 11.4 Å². The first-order valence-corrected chi connectivity index (χ1v) is 15.2. The lowest BCUT2D eigenvalue weighted by Gasteiger charge is -2.37. The van der Waals surface area contributed by atoms with Crippen molar-refractivity contribution < 1.29 is 28.8 Å². The number of hydrogen-bond acceptors (Lipinski definition) is 7. The van der Waals surface area contributed by atoms with E-state index in [9.17, 15) is 29.3 Å². The van der Waals surface area contributed by atoms with E-state index in [-0.39, 0.29) is 16.8 Å². The topological polar surface area (TPSA) is 157 Å². The van der Waals surface area contributed by atoms with Gasteiger partial charge >= 0.3 is 5.97 Å². The number of hydrogen-bond donors (Lipinski definition) is 3. The predicted octanol–water partition coefficient (Wildman–Crippen LogP) is 5.62. The number of esters is 1. The van der Waals surface area contributed by atoms with Gasteiger partial charge in [-0.3, -0.25) is 24.5 Å². The van der Waals surface area contributed by atoms with Crippen LogP contribution < -0.4 is 16.0 Å². The number of amides is 3. The molecular formula is C38H32N4O7. The molecule has 0 aliphatic rings. The largest absolute Gasteiger partial charge is 0.465 e. The van der Waals surface area contributed by atoms with Crippen molar-refractivity contribution in [1.82, 2.24) is 10.6 Å². The van der Waals surface area contributed by atoms with Gasteiger partial charge in [0.1, 0.15) is 11.6 Å². The van der Waals surface area contributed by atoms with Gasteiger partial charge in [-0.1, -0.05) is 91.0 Å². The Morgan fingerprint density at radius 2 is 1.16 bits per heavy atom. The minimum atomic E-state index is -1.39. The van der Waals surface area contributed by atoms with Gasteiger partial charge < -0.3 is 20.7 Å². The van der Waals surface area contributed by atoms with E-state index in [4.69, 9.17) is 4.74 Å². The lowest BCUT2D eigenvalue weighted by atomic mass is 9.77. The van der Waals surface area contributed by atoms with Crippen LogP contribution >= 0.6 is 0 Å². The number of nitro groups is 1. The molecule has 11 heteroatoms. The quantitative estimate of drug-likeness (QED) is 0.0681. The van der Waals surface area contributed by atoms with Crippen LogP contribution in [-0.2, 0) is 19.9 Å². The third kappa shape index (κ3) is 7.86. The number of benzene rings is 5. The van der Waals surface area contributed by atoms with Crippen LogP contribution in [0.5, 0.6) is 0 Å². The number of nitrogens with one attached hydrogen (secondary N) is 3. The van der Waals surface area contributed by atoms with Crippen LogP contribution in [0.1, 0.15) is 43.8 Å². The fourth-order valence-corrected chi connectivity index (χ4v) is 5.45. The van der Waals surface area contributed by atoms with Gasteiger partial charge in [0.2, 0.25) is 11.8 Å². The lowest BCUT2D eigenvalue weighted by molar-refractivity contribution is -0.384. The summed E-state index contributed by atoms with van der Waals surface area (Å²) in [7, 11) is 1.25. The average molecular weight is 657 g/mol. The number of nitrogens with zero attached hydrogens (tertiary/aromatic N) is 1. The third-order valence-electron chi connectivity index (χ3n) is 7.87. The van der Waals surface area contributed by atoms with Crippen LogP contribution in [-0.4, -0.2) is 41.8 Å². The third-order valence-corrected chi connectivity index (χ3v) is 7.87. The van der Waals surface area contributed by atoms with E-state index in [0.29, 0.717) is 5.69 Å². The van der Waals surface area contributed by atoms with Crippen molar-refractivity contribution in [3.63, 3.8) is 0 Å². The molecule has 0 spiro atoms. The summed E-state index contributed by atoms with van der Waals surface area (Å²) in [5.41, 5.74) is 1.54. The molecule has 0 saturated carbocycles. The number of ether oxygens (including phenoxy) is 1. The summed E-state index contributed by atoms with van der Waals surface area (Å²) in [6.45, 7) is 0. The minimum absolute atomic E-state index is 0.0541. The Morgan fingerprint density at radius 3 is 1.61 bits per heavy atom. The summed E-state index contributed by atoms with van der Waals surface area (Å²) in [5, 5.41) is 19.6. The van der Waals surface area contributed by atoms with Gasteiger partial charge in [-0.2, -0.15) is 0 Å². The van der Waals surface area contributed by atoms with E-state index in [2.05, 4.69) is 16.0 Å². The second-order valence-electron chi connectivity index (χ2n) is 11.0. The molecule has 3 N–H and O–H groups in total. The fraction of sp³-hybridized carbons (Fsp3) is 0.105. The molecule has 0 aliphatic heterocycles. The molecule has 246 valence electrons. The van der Waals surface area contributed by atoms with Gasteiger partial charge in [0.15, 0.2) is 0 Å². The molecule has 0 saturated heterocycles. The summed E-state index contributed by atoms with van der Waals surface area (Å²) >= 11 is 0. The Labute approximate surface area is 282 Å². The molecular weight excluding hydrogens is 624 g/mol. The van der Waals surface area contributed by atoms with Gasteiger partial charge in [0, 0.05) is 23.4 Å². The Balaban J connectivity index is 1.48. The van der Waals surface area contributed by atoms with E-state index in [1.807, 2.05) is 91.0 Å². The van der Waals surface area contributed by atoms with Gasteiger partial charge in [-0.15, -0.1) is 0 Å². The number of nitro benzene ring substituents is 1. The zero-order valence-electron chi connectivity index (χ0n) is 26.4. The number of methoxy groups -OCH3 is 1. The zero-order chi connectivity index (χ0) is 34.8. The molecule has 0 fully saturated rings. The molecule has 11 nitrogen and oxygen atoms in total. The van der Waals surface area contributed by atoms with Crippen LogP contribution in [0.3, 0.4) is 0 Å². The Morgan fingerprint density at radius 1 is 0.694 bits per heavy atom. The summed E-state index contributed by atoms with van der Waals surface area (Å²) in [4.78, 5) is 63.6. The maximum atomic E-state index is 14.2. The van der Waals surface area contributed by atoms with Gasteiger partial charge in [0.05, 0.1) is 24.0 Å². The normalized spacial score (nSPS) is 11.4. The molecule has 0 heterocycles. The molecule has 0 aliphatic carbocycles. The van der Waals surface area contributed by atoms with Crippen LogP contribution in [0.15, 0.2) is 140 Å². The summed E-state index contributed by atoms with van der Waals surface area (Å²) in [6, 6.07) is 37.6. The molecule has 0 radical (unpaired) electrons. The second-order valence-corrected chi connectivity index (χ2v) is 11.0. The molecule has 0 aromatic heterocycles. The highest BCUT2D eigenvalue weighted by Crippen LogP contribution is 2.37. The Hall–Kier alpha value is -6.62. The highest BCUT2D eigenvalue weighted by Gasteiger charge is 2.39. The lowest BCUT2D eigenvalue weighted by Crippen LogP contribution is -2.52. The SMILES string of the molecule is COC(=O)c1ccc(NC(=O)C(CC(=O)NC(c2ccccc2)(c2ccccc2)c2ccccc2)NC(=O)c2ccc([N+](=O)[O-])cc2)cc1. The van der Waals surface area contributed by atoms with Crippen molar-refractivity contribution in [1.29, 1.82) is 0 Å². The van der Waals surface area contributed by atoms with Crippen molar-refractivity contribution in [3.8, 4) is 0 Å². The molecule has 3 amide bonds. The minimum Gasteiger partial charge on any atom is -0.465 e. The number of carbonyl (C=O) groups excluding carboxylic acids is 4. The monoisotopic (exact) mass is 656 g/mol. The van der Waals surface area contributed by atoms with Crippen LogP contribution in [0.2, 0.25) is 0 Å². The van der Waals surface area contributed by atoms with Crippen molar-refractivity contribution in [3.05, 3.63) is 177 Å². The molecule has 5 aromatic rings. The predicted molar refractivity (Wildman–Crippen MR) is 183 cm³/mol. The van der Waals surface area contributed by atoms with Gasteiger partial charge in [-0.25, -0.2) is 4.79 Å². The van der Waals surface area contributed by atoms with E-state index in [1.54, 1.807) is 0 Å². The fourth-order valence-electron chi connectivity index (χ4n) is 5.45. The van der Waals surface area contributed by atoms with E-state index in [0.717, 1.165) is 16.7 Å². The van der Waals surface area contributed by atoms with Crippen molar-refractivity contribution in [2.24, 2.45) is 0 Å². The van der Waals surface area contributed by atoms with Gasteiger partial charge in [-0.05, 0) is 53.1 Å². The maximum Gasteiger partial charge on any atom is 0.337 e. The summed E-state index contributed by atoms with van der Waals surface area (Å²) < 4.78 is 4.73. The van der Waals surface area contributed by atoms with Crippen LogP contribution in [0.25, 0.3) is 0 Å². The average Bonchev–Trinajstić information content (AvgIpc) is 3.14. The molecule has 0 bridgehead atoms. The van der Waals surface area contributed by atoms with Crippen molar-refractivity contribution in [2.45, 2.75) is 18.0 Å². The van der Waals surface area contributed by atoms with Crippen molar-refractivity contribution in [2.75, 3.05) is 12.4 Å². The Kier molecular flexibility index (Phi) is 10.5. The molecule has 5 aromatic carbocycles. The number of rotatable bonds is 12. The standard InChI is InChI=1S/C38H32N4O7/c1-49-37(46)27-17-21-31(22-18-27)39-36(45)33(40-35(44)26-19-23-32(24-20-26)42(47)48)25-34(43)41-38(28-11-5-2-6-12-28,29-13-7-3-8-14-29)30-15-9-4-10-16-30/h2-24,33H,25H2,1H3,(H,39,45)(H,40,44)(H,41,43). The summed E-state index contributed by atoms with van der Waals surface area (Å²) in [5.74, 6) is -2.53. The molecule has 1 atom stereocenters. The maximum absolute atomic E-state index is 14.2. The van der Waals surface area contributed by atoms with Crippen LogP contribution in [0, 0.1) is 10.1 Å². The zero-order valence-corrected chi connectivity index (χ0v) is 26.4. The Bertz CT molecular complexity index is 1840. The van der Waals surface area contributed by atoms with E-state index >= 15 is 0 Å². The highest BCUT2D eigenvalue weighted by molar-refractivity contribution is 6.03. The van der Waals surface area contributed by atoms with E-state index < -0.39 is 46.6 Å². The van der Waals surface area contributed by atoms with Gasteiger partial charge in [0.25, 0.3) is 11.6 Å². The molecule has 1 unspecified atom stereocenters. The smallest absolute Gasteiger partial charge is 0.337 e. The first-order valence-electron chi connectivity index (χ1n) is 15.2. The number of carbonyl (C=O) groups is 4. The second kappa shape index (κ2) is 15.3. The first kappa shape index (κ1) is 33.7. The number of non-ortho nitro benzene ring substituents is 1. The molecule has 49 heavy (non-hydrogen) atoms. The number of anilines is 1. The van der Waals surface area contributed by atoms with E-state index in [1.165, 1.54) is 55.6 Å². The van der Waals surface area contributed by atoms with Crippen molar-refractivity contribution >= 4 is 35.1 Å². The molecule has 5 rings (SSSR count). The first-order chi connectivity index (χ1) is 23.7.